The van der Waals surface area contributed by atoms with Crippen molar-refractivity contribution in [1.82, 2.24) is 4.90 Å². The maximum atomic E-state index is 12.4. The average Bonchev–Trinajstić information content (AvgIpc) is 2.69. The first-order chi connectivity index (χ1) is 15.0. The van der Waals surface area contributed by atoms with Crippen LogP contribution >= 0.6 is 0 Å². The summed E-state index contributed by atoms with van der Waals surface area (Å²) < 4.78 is 10.9. The largest absolute Gasteiger partial charge is 0.504 e. The third kappa shape index (κ3) is 4.05. The molecule has 0 amide bonds. The number of aryl methyl sites for hydroxylation is 1. The number of piperidine rings is 1. The van der Waals surface area contributed by atoms with Crippen LogP contribution in [0.25, 0.3) is 0 Å². The molecule has 2 unspecified atom stereocenters. The molecule has 1 heterocycles. The highest BCUT2D eigenvalue weighted by molar-refractivity contribution is 5.73. The number of allylic oxidation sites excluding steroid dienone is 1. The fraction of sp³-hybridized carbons (Fsp3) is 0.615. The molecule has 6 nitrogen and oxygen atoms in total. The van der Waals surface area contributed by atoms with Crippen molar-refractivity contribution in [2.24, 2.45) is 5.92 Å². The van der Waals surface area contributed by atoms with Crippen LogP contribution in [0.3, 0.4) is 0 Å². The van der Waals surface area contributed by atoms with Gasteiger partial charge in [0.05, 0.1) is 0 Å². The van der Waals surface area contributed by atoms with Gasteiger partial charge in [-0.25, -0.2) is 0 Å². The number of phenolic OH excluding ortho intramolecular Hbond substituents is 1. The number of rotatable bonds is 4. The van der Waals surface area contributed by atoms with Gasteiger partial charge in [-0.1, -0.05) is 12.2 Å². The molecule has 3 atom stereocenters. The van der Waals surface area contributed by atoms with E-state index in [1.54, 1.807) is 6.07 Å². The van der Waals surface area contributed by atoms with Crippen LogP contribution in [0.15, 0.2) is 18.2 Å². The minimum Gasteiger partial charge on any atom is -0.504 e. The van der Waals surface area contributed by atoms with Gasteiger partial charge in [0.15, 0.2) is 11.5 Å². The zero-order chi connectivity index (χ0) is 23.3. The summed E-state index contributed by atoms with van der Waals surface area (Å²) in [7, 11) is 2.18. The van der Waals surface area contributed by atoms with E-state index in [1.807, 2.05) is 20.8 Å². The molecule has 0 saturated carbocycles. The zero-order valence-corrected chi connectivity index (χ0v) is 19.9. The van der Waals surface area contributed by atoms with Crippen molar-refractivity contribution in [2.75, 3.05) is 13.6 Å². The molecular weight excluding hydrogens is 406 g/mol. The topological polar surface area (TPSA) is 76.1 Å². The lowest BCUT2D eigenvalue weighted by Crippen LogP contribution is -2.59. The number of carbonyl (C=O) groups excluding carboxylic acids is 2. The van der Waals surface area contributed by atoms with E-state index in [0.717, 1.165) is 48.9 Å². The van der Waals surface area contributed by atoms with E-state index in [4.69, 9.17) is 9.47 Å². The van der Waals surface area contributed by atoms with E-state index in [9.17, 15) is 14.7 Å². The summed E-state index contributed by atoms with van der Waals surface area (Å²) in [5.41, 5.74) is 2.32. The lowest BCUT2D eigenvalue weighted by molar-refractivity contribution is -0.154. The predicted octanol–water partition coefficient (Wildman–Crippen LogP) is 4.06. The highest BCUT2D eigenvalue weighted by Crippen LogP contribution is 2.58. The third-order valence-electron chi connectivity index (χ3n) is 7.28. The fourth-order valence-corrected chi connectivity index (χ4v) is 6.04. The van der Waals surface area contributed by atoms with Gasteiger partial charge >= 0.3 is 11.9 Å². The number of likely N-dealkylation sites (N-methyl/N-ethyl adjacent to an activating group) is 1. The number of ether oxygens (including phenoxy) is 2. The molecule has 0 spiro atoms. The quantitative estimate of drug-likeness (QED) is 0.432. The number of aromatic hydroxyl groups is 1. The number of benzene rings is 1. The van der Waals surface area contributed by atoms with E-state index in [2.05, 4.69) is 24.1 Å². The molecule has 6 heteroatoms. The van der Waals surface area contributed by atoms with E-state index < -0.39 is 11.6 Å². The minimum atomic E-state index is -0.533. The van der Waals surface area contributed by atoms with Crippen LogP contribution in [-0.4, -0.2) is 47.2 Å². The Bertz CT molecular complexity index is 960. The number of hydrogen-bond donors (Lipinski definition) is 1. The van der Waals surface area contributed by atoms with Gasteiger partial charge in [0.1, 0.15) is 5.60 Å². The Morgan fingerprint density at radius 1 is 1.28 bits per heavy atom. The Kier molecular flexibility index (Phi) is 5.86. The van der Waals surface area contributed by atoms with Crippen LogP contribution in [0, 0.1) is 5.92 Å². The Morgan fingerprint density at radius 3 is 2.72 bits per heavy atom. The summed E-state index contributed by atoms with van der Waals surface area (Å²) in [5.74, 6) is -0.0965. The van der Waals surface area contributed by atoms with Crippen LogP contribution in [0.4, 0.5) is 0 Å². The standard InChI is InChI=1S/C26H35NO5/c1-16(28)31-21-14-17(9-10-22(29)32-25(2,3)4)18-15-20-19-8-6-7-11-26(19,12-13-27(20)5)23(18)24(21)30/h6,8,14,19-20,30H,7,9-13,15H2,1-5H3/t19?,20?,26-/m1/s1. The highest BCUT2D eigenvalue weighted by Gasteiger charge is 2.54. The van der Waals surface area contributed by atoms with E-state index >= 15 is 0 Å². The Morgan fingerprint density at radius 2 is 2.03 bits per heavy atom. The van der Waals surface area contributed by atoms with Gasteiger partial charge in [-0.05, 0) is 83.7 Å². The summed E-state index contributed by atoms with van der Waals surface area (Å²) in [6.45, 7) is 7.89. The first kappa shape index (κ1) is 22.8. The lowest BCUT2D eigenvalue weighted by atomic mass is 9.53. The molecule has 32 heavy (non-hydrogen) atoms. The van der Waals surface area contributed by atoms with Gasteiger partial charge in [-0.3, -0.25) is 9.59 Å². The van der Waals surface area contributed by atoms with Crippen molar-refractivity contribution in [3.8, 4) is 11.5 Å². The molecule has 4 rings (SSSR count). The molecule has 2 aliphatic carbocycles. The van der Waals surface area contributed by atoms with Crippen molar-refractivity contribution in [2.45, 2.75) is 83.3 Å². The molecule has 1 fully saturated rings. The first-order valence-corrected chi connectivity index (χ1v) is 11.7. The Balaban J connectivity index is 1.80. The second-order valence-electron chi connectivity index (χ2n) is 10.6. The summed E-state index contributed by atoms with van der Waals surface area (Å²) in [5, 5.41) is 11.3. The van der Waals surface area contributed by atoms with E-state index in [1.165, 1.54) is 6.92 Å². The predicted molar refractivity (Wildman–Crippen MR) is 122 cm³/mol. The number of likely N-dealkylation sites (tertiary alicyclic amines) is 1. The number of esters is 2. The molecular formula is C26H35NO5. The van der Waals surface area contributed by atoms with Crippen molar-refractivity contribution in [3.05, 3.63) is 34.9 Å². The lowest BCUT2D eigenvalue weighted by Gasteiger charge is -2.57. The van der Waals surface area contributed by atoms with Crippen molar-refractivity contribution in [3.63, 3.8) is 0 Å². The molecule has 0 aromatic heterocycles. The summed E-state index contributed by atoms with van der Waals surface area (Å²) >= 11 is 0. The second kappa shape index (κ2) is 8.22. The third-order valence-corrected chi connectivity index (χ3v) is 7.28. The van der Waals surface area contributed by atoms with Gasteiger partial charge < -0.3 is 19.5 Å². The van der Waals surface area contributed by atoms with Gasteiger partial charge in [0, 0.05) is 36.3 Å². The molecule has 1 aromatic rings. The smallest absolute Gasteiger partial charge is 0.308 e. The first-order valence-electron chi connectivity index (χ1n) is 11.7. The molecule has 1 N–H and O–H groups in total. The molecule has 1 aliphatic heterocycles. The molecule has 1 aromatic carbocycles. The molecule has 1 saturated heterocycles. The Labute approximate surface area is 190 Å². The van der Waals surface area contributed by atoms with Crippen molar-refractivity contribution < 1.29 is 24.2 Å². The number of hydrogen-bond acceptors (Lipinski definition) is 6. The Hall–Kier alpha value is -2.34. The maximum absolute atomic E-state index is 12.4. The fourth-order valence-electron chi connectivity index (χ4n) is 6.04. The number of nitrogens with zero attached hydrogens (tertiary/aromatic N) is 1. The van der Waals surface area contributed by atoms with Gasteiger partial charge in [-0.2, -0.15) is 0 Å². The van der Waals surface area contributed by atoms with Gasteiger partial charge in [-0.15, -0.1) is 0 Å². The van der Waals surface area contributed by atoms with Gasteiger partial charge in [0.2, 0.25) is 0 Å². The van der Waals surface area contributed by atoms with Crippen LogP contribution in [0.5, 0.6) is 11.5 Å². The van der Waals surface area contributed by atoms with Crippen LogP contribution in [0.1, 0.15) is 70.1 Å². The normalized spacial score (nSPS) is 26.8. The zero-order valence-electron chi connectivity index (χ0n) is 19.9. The van der Waals surface area contributed by atoms with E-state index in [-0.39, 0.29) is 29.3 Å². The second-order valence-corrected chi connectivity index (χ2v) is 10.6. The molecule has 3 aliphatic rings. The van der Waals surface area contributed by atoms with Crippen molar-refractivity contribution >= 4 is 11.9 Å². The molecule has 174 valence electrons. The van der Waals surface area contributed by atoms with Crippen LogP contribution in [-0.2, 0) is 32.6 Å². The number of phenols is 1. The van der Waals surface area contributed by atoms with E-state index in [0.29, 0.717) is 18.4 Å². The maximum Gasteiger partial charge on any atom is 0.308 e. The summed E-state index contributed by atoms with van der Waals surface area (Å²) in [6, 6.07) is 2.11. The average molecular weight is 442 g/mol. The summed E-state index contributed by atoms with van der Waals surface area (Å²) in [4.78, 5) is 26.6. The van der Waals surface area contributed by atoms with Gasteiger partial charge in [0.25, 0.3) is 0 Å². The number of carbonyl (C=O) groups is 2. The molecule has 0 radical (unpaired) electrons. The van der Waals surface area contributed by atoms with Crippen LogP contribution in [0.2, 0.25) is 0 Å². The molecule has 2 bridgehead atoms. The van der Waals surface area contributed by atoms with Crippen molar-refractivity contribution in [1.29, 1.82) is 0 Å². The SMILES string of the molecule is CC(=O)Oc1cc(CCC(=O)OC(C)(C)C)c2c(c1O)[C@@]13CCC=CC1C(C2)N(C)CC3. The highest BCUT2D eigenvalue weighted by atomic mass is 16.6. The minimum absolute atomic E-state index is 0.0968. The van der Waals surface area contributed by atoms with Crippen LogP contribution < -0.4 is 4.74 Å². The monoisotopic (exact) mass is 441 g/mol. The summed E-state index contributed by atoms with van der Waals surface area (Å²) in [6.07, 6.45) is 9.00. The number of fused-ring (bicyclic) bond motifs is 1.